The van der Waals surface area contributed by atoms with E-state index in [1.54, 1.807) is 17.9 Å². The number of nitrogens with zero attached hydrogens (tertiary/aromatic N) is 3. The zero-order valence-corrected chi connectivity index (χ0v) is 11.5. The van der Waals surface area contributed by atoms with Gasteiger partial charge >= 0.3 is 6.18 Å². The van der Waals surface area contributed by atoms with Crippen molar-refractivity contribution >= 4 is 21.6 Å². The predicted molar refractivity (Wildman–Crippen MR) is 67.5 cm³/mol. The molecule has 0 bridgehead atoms. The Bertz CT molecular complexity index is 580. The third kappa shape index (κ3) is 3.25. The second-order valence-corrected chi connectivity index (χ2v) is 4.75. The van der Waals surface area contributed by atoms with E-state index in [9.17, 15) is 13.2 Å². The van der Waals surface area contributed by atoms with Gasteiger partial charge in [-0.1, -0.05) is 5.21 Å². The minimum absolute atomic E-state index is 0.337. The summed E-state index contributed by atoms with van der Waals surface area (Å²) in [5.41, 5.74) is 0.446. The van der Waals surface area contributed by atoms with E-state index in [0.717, 1.165) is 17.8 Å². The van der Waals surface area contributed by atoms with Gasteiger partial charge in [-0.05, 0) is 34.1 Å². The Balaban J connectivity index is 2.18. The molecule has 8 heteroatoms. The van der Waals surface area contributed by atoms with Crippen molar-refractivity contribution in [3.05, 3.63) is 40.1 Å². The summed E-state index contributed by atoms with van der Waals surface area (Å²) in [5.74, 6) is 0. The summed E-state index contributed by atoms with van der Waals surface area (Å²) in [5, 5.41) is 10.4. The van der Waals surface area contributed by atoms with E-state index in [0.29, 0.717) is 16.7 Å². The van der Waals surface area contributed by atoms with Crippen LogP contribution in [0.2, 0.25) is 0 Å². The lowest BCUT2D eigenvalue weighted by atomic mass is 10.2. The minimum atomic E-state index is -4.36. The first-order valence-corrected chi connectivity index (χ1v) is 6.11. The van der Waals surface area contributed by atoms with Crippen LogP contribution in [0.15, 0.2) is 28.9 Å². The first kappa shape index (κ1) is 13.9. The molecule has 0 fully saturated rings. The molecule has 1 N–H and O–H groups in total. The molecule has 0 aliphatic rings. The smallest absolute Gasteiger partial charge is 0.378 e. The minimum Gasteiger partial charge on any atom is -0.378 e. The molecular weight excluding hydrogens is 325 g/mol. The summed E-state index contributed by atoms with van der Waals surface area (Å²) in [4.78, 5) is 0. The number of rotatable bonds is 3. The summed E-state index contributed by atoms with van der Waals surface area (Å²) >= 11 is 3.21. The maximum absolute atomic E-state index is 12.6. The quantitative estimate of drug-likeness (QED) is 0.937. The molecule has 4 nitrogen and oxygen atoms in total. The van der Waals surface area contributed by atoms with Crippen molar-refractivity contribution in [1.29, 1.82) is 0 Å². The maximum Gasteiger partial charge on any atom is 0.416 e. The van der Waals surface area contributed by atoms with Gasteiger partial charge in [0, 0.05) is 17.2 Å². The number of anilines is 1. The van der Waals surface area contributed by atoms with Crippen LogP contribution in [0, 0.1) is 0 Å². The normalized spacial score (nSPS) is 11.6. The summed E-state index contributed by atoms with van der Waals surface area (Å²) in [7, 11) is 1.71. The fourth-order valence-electron chi connectivity index (χ4n) is 1.49. The van der Waals surface area contributed by atoms with Gasteiger partial charge in [0.15, 0.2) is 0 Å². The van der Waals surface area contributed by atoms with E-state index in [1.165, 1.54) is 6.07 Å². The SMILES string of the molecule is Cn1nncc1CNc1cc(C(F)(F)F)ccc1Br. The van der Waals surface area contributed by atoms with Crippen LogP contribution in [0.25, 0.3) is 0 Å². The molecule has 1 aromatic heterocycles. The van der Waals surface area contributed by atoms with Crippen molar-refractivity contribution in [2.75, 3.05) is 5.32 Å². The first-order chi connectivity index (χ1) is 8.88. The average Bonchev–Trinajstić information content (AvgIpc) is 2.72. The lowest BCUT2D eigenvalue weighted by Crippen LogP contribution is -2.08. The molecule has 0 atom stereocenters. The third-order valence-corrected chi connectivity index (χ3v) is 3.25. The standard InChI is InChI=1S/C11H10BrF3N4/c1-19-8(6-17-18-19)5-16-10-4-7(11(13,14)15)2-3-9(10)12/h2-4,6,16H,5H2,1H3. The van der Waals surface area contributed by atoms with Crippen molar-refractivity contribution in [3.63, 3.8) is 0 Å². The summed E-state index contributed by atoms with van der Waals surface area (Å²) in [6.45, 7) is 0.337. The second kappa shape index (κ2) is 5.20. The Labute approximate surface area is 115 Å². The number of nitrogens with one attached hydrogen (secondary N) is 1. The lowest BCUT2D eigenvalue weighted by Gasteiger charge is -2.12. The lowest BCUT2D eigenvalue weighted by molar-refractivity contribution is -0.137. The maximum atomic E-state index is 12.6. The zero-order chi connectivity index (χ0) is 14.0. The highest BCUT2D eigenvalue weighted by molar-refractivity contribution is 9.10. The van der Waals surface area contributed by atoms with Gasteiger partial charge in [0.1, 0.15) is 0 Å². The van der Waals surface area contributed by atoms with Crippen LogP contribution < -0.4 is 5.32 Å². The zero-order valence-electron chi connectivity index (χ0n) is 9.87. The number of alkyl halides is 3. The van der Waals surface area contributed by atoms with Crippen molar-refractivity contribution in [1.82, 2.24) is 15.0 Å². The molecule has 0 unspecified atom stereocenters. The molecule has 1 aromatic carbocycles. The molecule has 0 spiro atoms. The van der Waals surface area contributed by atoms with Gasteiger partial charge in [0.25, 0.3) is 0 Å². The topological polar surface area (TPSA) is 42.7 Å². The molecule has 1 heterocycles. The van der Waals surface area contributed by atoms with Crippen LogP contribution >= 0.6 is 15.9 Å². The molecule has 0 saturated carbocycles. The Kier molecular flexibility index (Phi) is 3.79. The van der Waals surface area contributed by atoms with Crippen molar-refractivity contribution < 1.29 is 13.2 Å². The van der Waals surface area contributed by atoms with Crippen LogP contribution in [-0.4, -0.2) is 15.0 Å². The Hall–Kier alpha value is -1.57. The predicted octanol–water partition coefficient (Wildman–Crippen LogP) is 3.21. The number of hydrogen-bond acceptors (Lipinski definition) is 3. The highest BCUT2D eigenvalue weighted by atomic mass is 79.9. The molecule has 102 valence electrons. The van der Waals surface area contributed by atoms with E-state index in [1.807, 2.05) is 0 Å². The molecule has 0 saturated heterocycles. The van der Waals surface area contributed by atoms with Crippen LogP contribution in [0.5, 0.6) is 0 Å². The molecule has 19 heavy (non-hydrogen) atoms. The van der Waals surface area contributed by atoms with Crippen LogP contribution in [-0.2, 0) is 19.8 Å². The van der Waals surface area contributed by atoms with Crippen LogP contribution in [0.4, 0.5) is 18.9 Å². The van der Waals surface area contributed by atoms with Gasteiger partial charge in [-0.25, -0.2) is 0 Å². The van der Waals surface area contributed by atoms with Crippen molar-refractivity contribution in [2.24, 2.45) is 7.05 Å². The van der Waals surface area contributed by atoms with Crippen molar-refractivity contribution in [3.8, 4) is 0 Å². The van der Waals surface area contributed by atoms with Crippen LogP contribution in [0.3, 0.4) is 0 Å². The van der Waals surface area contributed by atoms with E-state index >= 15 is 0 Å². The molecule has 2 aromatic rings. The molecule has 0 radical (unpaired) electrons. The fraction of sp³-hybridized carbons (Fsp3) is 0.273. The number of hydrogen-bond donors (Lipinski definition) is 1. The molecule has 0 aliphatic carbocycles. The highest BCUT2D eigenvalue weighted by Crippen LogP contribution is 2.34. The summed E-state index contributed by atoms with van der Waals surface area (Å²) in [6, 6.07) is 3.46. The summed E-state index contributed by atoms with van der Waals surface area (Å²) < 4.78 is 39.9. The molecule has 2 rings (SSSR count). The number of aryl methyl sites for hydroxylation is 1. The van der Waals surface area contributed by atoms with E-state index < -0.39 is 11.7 Å². The Morgan fingerprint density at radius 3 is 2.68 bits per heavy atom. The fourth-order valence-corrected chi connectivity index (χ4v) is 1.88. The molecular formula is C11H10BrF3N4. The largest absolute Gasteiger partial charge is 0.416 e. The van der Waals surface area contributed by atoms with Crippen molar-refractivity contribution in [2.45, 2.75) is 12.7 Å². The molecule has 0 amide bonds. The molecule has 0 aliphatic heterocycles. The van der Waals surface area contributed by atoms with E-state index in [4.69, 9.17) is 0 Å². The van der Waals surface area contributed by atoms with Gasteiger partial charge < -0.3 is 5.32 Å². The van der Waals surface area contributed by atoms with Gasteiger partial charge in [0.05, 0.1) is 24.0 Å². The van der Waals surface area contributed by atoms with Crippen LogP contribution in [0.1, 0.15) is 11.3 Å². The monoisotopic (exact) mass is 334 g/mol. The number of benzene rings is 1. The van der Waals surface area contributed by atoms with Gasteiger partial charge in [-0.15, -0.1) is 5.10 Å². The van der Waals surface area contributed by atoms with Gasteiger partial charge in [-0.2, -0.15) is 13.2 Å². The van der Waals surface area contributed by atoms with E-state index in [-0.39, 0.29) is 0 Å². The van der Waals surface area contributed by atoms with E-state index in [2.05, 4.69) is 31.6 Å². The number of halogens is 4. The Morgan fingerprint density at radius 1 is 1.37 bits per heavy atom. The van der Waals surface area contributed by atoms with Gasteiger partial charge in [-0.3, -0.25) is 4.68 Å². The summed E-state index contributed by atoms with van der Waals surface area (Å²) in [6.07, 6.45) is -2.81. The number of aromatic nitrogens is 3. The van der Waals surface area contributed by atoms with Gasteiger partial charge in [0.2, 0.25) is 0 Å². The third-order valence-electron chi connectivity index (χ3n) is 2.56. The average molecular weight is 335 g/mol. The Morgan fingerprint density at radius 2 is 2.11 bits per heavy atom. The first-order valence-electron chi connectivity index (χ1n) is 5.32. The highest BCUT2D eigenvalue weighted by Gasteiger charge is 2.30. The second-order valence-electron chi connectivity index (χ2n) is 3.89.